The van der Waals surface area contributed by atoms with Gasteiger partial charge >= 0.3 is 6.18 Å². The first-order valence-corrected chi connectivity index (χ1v) is 12.7. The summed E-state index contributed by atoms with van der Waals surface area (Å²) in [6, 6.07) is 10.7. The van der Waals surface area contributed by atoms with Gasteiger partial charge in [0.15, 0.2) is 16.6 Å². The predicted molar refractivity (Wildman–Crippen MR) is 128 cm³/mol. The lowest BCUT2D eigenvalue weighted by Crippen LogP contribution is -2.28. The fourth-order valence-electron chi connectivity index (χ4n) is 5.18. The first-order valence-electron chi connectivity index (χ1n) is 11.9. The normalized spacial score (nSPS) is 19.3. The molecule has 36 heavy (non-hydrogen) atoms. The Morgan fingerprint density at radius 2 is 1.83 bits per heavy atom. The first-order chi connectivity index (χ1) is 17.3. The summed E-state index contributed by atoms with van der Waals surface area (Å²) < 4.78 is 52.4. The summed E-state index contributed by atoms with van der Waals surface area (Å²) in [6.07, 6.45) is 0.407. The van der Waals surface area contributed by atoms with E-state index >= 15 is 0 Å². The van der Waals surface area contributed by atoms with Crippen molar-refractivity contribution < 1.29 is 27.4 Å². The number of thiazole rings is 1. The molecular formula is C26H24F3N3O3S. The van der Waals surface area contributed by atoms with Gasteiger partial charge in [0.1, 0.15) is 0 Å². The number of nitrogens with one attached hydrogen (secondary N) is 1. The maximum absolute atomic E-state index is 13.9. The molecule has 3 aromatic rings. The quantitative estimate of drug-likeness (QED) is 0.453. The molecule has 6 nitrogen and oxygen atoms in total. The van der Waals surface area contributed by atoms with E-state index in [9.17, 15) is 18.0 Å². The number of hydrogen-bond donors (Lipinski definition) is 1. The highest BCUT2D eigenvalue weighted by molar-refractivity contribution is 7.15. The Bertz CT molecular complexity index is 1300. The van der Waals surface area contributed by atoms with E-state index in [1.165, 1.54) is 17.4 Å². The van der Waals surface area contributed by atoms with Crippen molar-refractivity contribution in [3.63, 3.8) is 0 Å². The van der Waals surface area contributed by atoms with Gasteiger partial charge < -0.3 is 14.8 Å². The largest absolute Gasteiger partial charge is 0.454 e. The van der Waals surface area contributed by atoms with Crippen LogP contribution in [-0.2, 0) is 16.4 Å². The molecule has 1 N–H and O–H groups in total. The van der Waals surface area contributed by atoms with Crippen LogP contribution < -0.4 is 14.8 Å². The number of fused-ring (bicyclic) bond motifs is 1. The smallest absolute Gasteiger partial charge is 0.416 e. The summed E-state index contributed by atoms with van der Waals surface area (Å²) in [7, 11) is 0. The summed E-state index contributed by atoms with van der Waals surface area (Å²) in [5.41, 5.74) is -0.229. The van der Waals surface area contributed by atoms with Crippen LogP contribution in [0.25, 0.3) is 0 Å². The van der Waals surface area contributed by atoms with Gasteiger partial charge in [0.25, 0.3) is 0 Å². The Morgan fingerprint density at radius 1 is 1.08 bits per heavy atom. The van der Waals surface area contributed by atoms with Crippen LogP contribution in [0.5, 0.6) is 11.5 Å². The van der Waals surface area contributed by atoms with Crippen LogP contribution >= 0.6 is 11.3 Å². The van der Waals surface area contributed by atoms with E-state index < -0.39 is 23.2 Å². The van der Waals surface area contributed by atoms with Gasteiger partial charge in [-0.05, 0) is 68.1 Å². The lowest BCUT2D eigenvalue weighted by molar-refractivity contribution is -0.138. The van der Waals surface area contributed by atoms with Crippen molar-refractivity contribution in [1.29, 1.82) is 0 Å². The maximum atomic E-state index is 13.9. The average Bonchev–Trinajstić information content (AvgIpc) is 3.22. The number of alkyl halides is 3. The zero-order valence-electron chi connectivity index (χ0n) is 19.3. The molecule has 1 saturated heterocycles. The van der Waals surface area contributed by atoms with Gasteiger partial charge in [-0.15, -0.1) is 0 Å². The number of rotatable bonds is 6. The molecule has 2 aliphatic heterocycles. The second-order valence-corrected chi connectivity index (χ2v) is 10.5. The Balaban J connectivity index is 1.27. The van der Waals surface area contributed by atoms with Crippen molar-refractivity contribution in [2.24, 2.45) is 0 Å². The van der Waals surface area contributed by atoms with Gasteiger partial charge in [-0.3, -0.25) is 9.69 Å². The SMILES string of the molecule is O=C(Nc1ncc(C(c2ccccc2C(F)(F)F)N2CCCC2)s1)C1(c2ccc3c(c2)OCO3)CC1. The van der Waals surface area contributed by atoms with E-state index in [1.54, 1.807) is 18.3 Å². The summed E-state index contributed by atoms with van der Waals surface area (Å²) >= 11 is 1.23. The van der Waals surface area contributed by atoms with Crippen molar-refractivity contribution in [3.8, 4) is 11.5 Å². The Labute approximate surface area is 210 Å². The number of carbonyl (C=O) groups excluding carboxylic acids is 1. The molecular weight excluding hydrogens is 491 g/mol. The van der Waals surface area contributed by atoms with Crippen LogP contribution in [0.3, 0.4) is 0 Å². The van der Waals surface area contributed by atoms with Gasteiger partial charge in [-0.25, -0.2) is 4.98 Å². The van der Waals surface area contributed by atoms with Crippen molar-refractivity contribution in [2.45, 2.75) is 43.3 Å². The number of benzene rings is 2. The zero-order valence-corrected chi connectivity index (χ0v) is 20.1. The molecule has 2 aromatic carbocycles. The van der Waals surface area contributed by atoms with E-state index in [4.69, 9.17) is 9.47 Å². The van der Waals surface area contributed by atoms with E-state index in [0.717, 1.165) is 24.5 Å². The van der Waals surface area contributed by atoms with Crippen LogP contribution in [0.1, 0.15) is 53.3 Å². The highest BCUT2D eigenvalue weighted by Crippen LogP contribution is 2.51. The third-order valence-corrected chi connectivity index (χ3v) is 8.16. The van der Waals surface area contributed by atoms with Gasteiger partial charge in [-0.1, -0.05) is 35.6 Å². The molecule has 1 unspecified atom stereocenters. The van der Waals surface area contributed by atoms with Crippen LogP contribution in [0.15, 0.2) is 48.7 Å². The molecule has 3 aliphatic rings. The monoisotopic (exact) mass is 515 g/mol. The number of hydrogen-bond acceptors (Lipinski definition) is 6. The first kappa shape index (κ1) is 23.3. The molecule has 0 radical (unpaired) electrons. The van der Waals surface area contributed by atoms with Crippen LogP contribution in [0, 0.1) is 0 Å². The minimum Gasteiger partial charge on any atom is -0.454 e. The average molecular weight is 516 g/mol. The van der Waals surface area contributed by atoms with Crippen molar-refractivity contribution in [2.75, 3.05) is 25.2 Å². The molecule has 2 fully saturated rings. The molecule has 188 valence electrons. The van der Waals surface area contributed by atoms with Gasteiger partial charge in [0.05, 0.1) is 17.0 Å². The minimum absolute atomic E-state index is 0.162. The van der Waals surface area contributed by atoms with Gasteiger partial charge in [0.2, 0.25) is 12.7 Å². The van der Waals surface area contributed by atoms with Crippen molar-refractivity contribution in [1.82, 2.24) is 9.88 Å². The van der Waals surface area contributed by atoms with Crippen molar-refractivity contribution >= 4 is 22.4 Å². The molecule has 1 aliphatic carbocycles. The molecule has 0 bridgehead atoms. The molecule has 1 saturated carbocycles. The lowest BCUT2D eigenvalue weighted by Gasteiger charge is -2.29. The van der Waals surface area contributed by atoms with Gasteiger partial charge in [-0.2, -0.15) is 13.2 Å². The number of amides is 1. The minimum atomic E-state index is -4.46. The number of anilines is 1. The standard InChI is InChI=1S/C26H24F3N3O3S/c27-26(28,29)18-6-2-1-5-17(18)22(32-11-3-4-12-32)21-14-30-24(36-21)31-23(33)25(9-10-25)16-7-8-19-20(13-16)35-15-34-19/h1-2,5-8,13-14,22H,3-4,9-12,15H2,(H,30,31,33). The number of halogens is 3. The van der Waals surface area contributed by atoms with E-state index in [-0.39, 0.29) is 18.3 Å². The Morgan fingerprint density at radius 3 is 2.58 bits per heavy atom. The lowest BCUT2D eigenvalue weighted by atomic mass is 9.94. The molecule has 3 heterocycles. The van der Waals surface area contributed by atoms with Crippen LogP contribution in [-0.4, -0.2) is 35.7 Å². The Kier molecular flexibility index (Phi) is 5.68. The van der Waals surface area contributed by atoms with Crippen LogP contribution in [0.2, 0.25) is 0 Å². The third kappa shape index (κ3) is 4.12. The molecule has 1 amide bonds. The molecule has 1 atom stereocenters. The number of ether oxygens (including phenoxy) is 2. The zero-order chi connectivity index (χ0) is 24.9. The highest BCUT2D eigenvalue weighted by Gasteiger charge is 2.52. The molecule has 10 heteroatoms. The number of likely N-dealkylation sites (tertiary alicyclic amines) is 1. The topological polar surface area (TPSA) is 63.7 Å². The second kappa shape index (κ2) is 8.77. The molecule has 1 aromatic heterocycles. The fourth-order valence-corrected chi connectivity index (χ4v) is 6.14. The number of nitrogens with zero attached hydrogens (tertiary/aromatic N) is 2. The summed E-state index contributed by atoms with van der Waals surface area (Å²) in [5.74, 6) is 1.11. The summed E-state index contributed by atoms with van der Waals surface area (Å²) in [4.78, 5) is 20.5. The fraction of sp³-hybridized carbons (Fsp3) is 0.385. The van der Waals surface area contributed by atoms with E-state index in [2.05, 4.69) is 15.2 Å². The van der Waals surface area contributed by atoms with E-state index in [0.29, 0.717) is 47.4 Å². The molecule has 6 rings (SSSR count). The number of carbonyl (C=O) groups is 1. The van der Waals surface area contributed by atoms with Crippen molar-refractivity contribution in [3.05, 3.63) is 70.2 Å². The maximum Gasteiger partial charge on any atom is 0.416 e. The summed E-state index contributed by atoms with van der Waals surface area (Å²) in [5, 5.41) is 3.31. The number of aromatic nitrogens is 1. The van der Waals surface area contributed by atoms with Gasteiger partial charge in [0, 0.05) is 11.1 Å². The third-order valence-electron chi connectivity index (χ3n) is 7.19. The van der Waals surface area contributed by atoms with E-state index in [1.807, 2.05) is 18.2 Å². The Hall–Kier alpha value is -3.11. The predicted octanol–water partition coefficient (Wildman–Crippen LogP) is 5.75. The molecule has 0 spiro atoms. The summed E-state index contributed by atoms with van der Waals surface area (Å²) in [6.45, 7) is 1.59. The van der Waals surface area contributed by atoms with Crippen LogP contribution in [0.4, 0.5) is 18.3 Å². The second-order valence-electron chi connectivity index (χ2n) is 9.40. The highest BCUT2D eigenvalue weighted by atomic mass is 32.1.